The van der Waals surface area contributed by atoms with Crippen molar-refractivity contribution in [1.82, 2.24) is 0 Å². The van der Waals surface area contributed by atoms with Gasteiger partial charge in [-0.25, -0.2) is 0 Å². The summed E-state index contributed by atoms with van der Waals surface area (Å²) in [5.74, 6) is 0. The highest BCUT2D eigenvalue weighted by Gasteiger charge is 2.44. The monoisotopic (exact) mass is 363 g/mol. The number of benzene rings is 3. The lowest BCUT2D eigenvalue weighted by atomic mass is 10.2. The van der Waals surface area contributed by atoms with Crippen LogP contribution in [0.15, 0.2) is 91.0 Å². The Balaban J connectivity index is 2.06. The van der Waals surface area contributed by atoms with E-state index in [0.29, 0.717) is 6.61 Å². The van der Waals surface area contributed by atoms with Gasteiger partial charge in [0.25, 0.3) is 0 Å². The van der Waals surface area contributed by atoms with Crippen molar-refractivity contribution in [2.24, 2.45) is 0 Å². The van der Waals surface area contributed by atoms with Crippen LogP contribution in [0.3, 0.4) is 0 Å². The quantitative estimate of drug-likeness (QED) is 0.437. The fraction of sp³-hybridized carbons (Fsp3) is 0.250. The van der Waals surface area contributed by atoms with Gasteiger partial charge in [-0.05, 0) is 55.7 Å². The molecule has 1 nitrogen and oxygen atoms in total. The topological polar surface area (TPSA) is 20.2 Å². The van der Waals surface area contributed by atoms with Gasteiger partial charge in [0.1, 0.15) is 23.2 Å². The minimum atomic E-state index is -1.66. The molecule has 1 N–H and O–H groups in total. The van der Waals surface area contributed by atoms with Crippen molar-refractivity contribution in [2.45, 2.75) is 25.7 Å². The van der Waals surface area contributed by atoms with E-state index in [0.717, 1.165) is 12.8 Å². The van der Waals surface area contributed by atoms with Crippen LogP contribution in [0, 0.1) is 0 Å². The number of aliphatic hydroxyl groups is 1. The van der Waals surface area contributed by atoms with Crippen molar-refractivity contribution in [3.63, 3.8) is 0 Å². The van der Waals surface area contributed by atoms with Gasteiger partial charge in [0.2, 0.25) is 0 Å². The van der Waals surface area contributed by atoms with Gasteiger partial charge in [-0.15, -0.1) is 0 Å². The Morgan fingerprint density at radius 1 is 0.500 bits per heavy atom. The molecule has 0 aromatic heterocycles. The molecule has 0 aliphatic rings. The van der Waals surface area contributed by atoms with Crippen LogP contribution in [-0.4, -0.2) is 17.9 Å². The van der Waals surface area contributed by atoms with E-state index in [2.05, 4.69) is 91.0 Å². The number of hydrogen-bond acceptors (Lipinski definition) is 1. The third-order valence-corrected chi connectivity index (χ3v) is 9.52. The molecular weight excluding hydrogens is 335 g/mol. The summed E-state index contributed by atoms with van der Waals surface area (Å²) in [5.41, 5.74) is 0. The Hall–Kier alpha value is -1.95. The summed E-state index contributed by atoms with van der Waals surface area (Å²) in [6.45, 7) is 0.302. The van der Waals surface area contributed by atoms with E-state index >= 15 is 0 Å². The highest BCUT2D eigenvalue weighted by Crippen LogP contribution is 2.55. The second-order valence-corrected chi connectivity index (χ2v) is 10.3. The maximum Gasteiger partial charge on any atom is 0.112 e. The normalized spacial score (nSPS) is 11.4. The molecule has 0 saturated heterocycles. The van der Waals surface area contributed by atoms with Gasteiger partial charge in [-0.3, -0.25) is 0 Å². The molecule has 3 rings (SSSR count). The van der Waals surface area contributed by atoms with Crippen molar-refractivity contribution in [1.29, 1.82) is 0 Å². The van der Waals surface area contributed by atoms with E-state index in [-0.39, 0.29) is 0 Å². The lowest BCUT2D eigenvalue weighted by molar-refractivity contribution is 0.283. The summed E-state index contributed by atoms with van der Waals surface area (Å²) >= 11 is 0. The summed E-state index contributed by atoms with van der Waals surface area (Å²) < 4.78 is 0. The Morgan fingerprint density at radius 3 is 1.27 bits per heavy atom. The highest BCUT2D eigenvalue weighted by atomic mass is 31.2. The lowest BCUT2D eigenvalue weighted by Crippen LogP contribution is -2.33. The van der Waals surface area contributed by atoms with Crippen LogP contribution >= 0.6 is 7.26 Å². The maximum absolute atomic E-state index is 9.07. The van der Waals surface area contributed by atoms with Gasteiger partial charge < -0.3 is 5.11 Å². The number of unbranched alkanes of at least 4 members (excludes halogenated alkanes) is 3. The van der Waals surface area contributed by atoms with Crippen LogP contribution < -0.4 is 15.9 Å². The first-order valence-electron chi connectivity index (χ1n) is 9.54. The standard InChI is InChI=1S/C24H28OP/c25-20-12-1-2-13-21-26(22-14-6-3-7-15-22,23-16-8-4-9-17-23)24-18-10-5-11-19-24/h3-11,14-19,25H,1-2,12-13,20-21H2/q+1. The van der Waals surface area contributed by atoms with Crippen LogP contribution in [-0.2, 0) is 0 Å². The zero-order valence-corrected chi connectivity index (χ0v) is 16.2. The van der Waals surface area contributed by atoms with Crippen LogP contribution in [0.25, 0.3) is 0 Å². The third kappa shape index (κ3) is 4.23. The minimum Gasteiger partial charge on any atom is -0.396 e. The Morgan fingerprint density at radius 2 is 0.885 bits per heavy atom. The summed E-state index contributed by atoms with van der Waals surface area (Å²) in [4.78, 5) is 0. The molecule has 2 heteroatoms. The molecule has 0 atom stereocenters. The smallest absolute Gasteiger partial charge is 0.112 e. The first-order valence-corrected chi connectivity index (χ1v) is 11.5. The molecular formula is C24H28OP+. The largest absolute Gasteiger partial charge is 0.396 e. The van der Waals surface area contributed by atoms with E-state index in [1.165, 1.54) is 34.9 Å². The van der Waals surface area contributed by atoms with Gasteiger partial charge in [0.15, 0.2) is 0 Å². The van der Waals surface area contributed by atoms with E-state index in [4.69, 9.17) is 5.11 Å². The highest BCUT2D eigenvalue weighted by molar-refractivity contribution is 7.95. The van der Waals surface area contributed by atoms with Gasteiger partial charge >= 0.3 is 0 Å². The van der Waals surface area contributed by atoms with Crippen LogP contribution in [0.1, 0.15) is 25.7 Å². The van der Waals surface area contributed by atoms with E-state index in [1.54, 1.807) is 0 Å². The molecule has 0 saturated carbocycles. The summed E-state index contributed by atoms with van der Waals surface area (Å²) in [6, 6.07) is 33.2. The van der Waals surface area contributed by atoms with Crippen molar-refractivity contribution in [3.05, 3.63) is 91.0 Å². The zero-order valence-electron chi connectivity index (χ0n) is 15.3. The Bertz CT molecular complexity index is 659. The van der Waals surface area contributed by atoms with Crippen LogP contribution in [0.2, 0.25) is 0 Å². The van der Waals surface area contributed by atoms with Crippen molar-refractivity contribution >= 4 is 23.2 Å². The summed E-state index contributed by atoms with van der Waals surface area (Å²) in [6.07, 6.45) is 5.56. The summed E-state index contributed by atoms with van der Waals surface area (Å²) in [5, 5.41) is 13.4. The van der Waals surface area contributed by atoms with Gasteiger partial charge in [0, 0.05) is 6.61 Å². The molecule has 0 unspecified atom stereocenters. The molecule has 3 aromatic rings. The molecule has 0 spiro atoms. The fourth-order valence-corrected chi connectivity index (χ4v) is 8.11. The average Bonchev–Trinajstić information content (AvgIpc) is 2.73. The van der Waals surface area contributed by atoms with E-state index < -0.39 is 7.26 Å². The third-order valence-electron chi connectivity index (χ3n) is 4.99. The molecule has 0 fully saturated rings. The van der Waals surface area contributed by atoms with E-state index in [9.17, 15) is 0 Å². The molecule has 0 aliphatic carbocycles. The second kappa shape index (κ2) is 9.67. The predicted octanol–water partition coefficient (Wildman–Crippen LogP) is 4.53. The van der Waals surface area contributed by atoms with Gasteiger partial charge in [0.05, 0.1) is 6.16 Å². The Kier molecular flexibility index (Phi) is 7.00. The van der Waals surface area contributed by atoms with Crippen LogP contribution in [0.5, 0.6) is 0 Å². The van der Waals surface area contributed by atoms with Crippen molar-refractivity contribution < 1.29 is 5.11 Å². The van der Waals surface area contributed by atoms with Crippen molar-refractivity contribution in [2.75, 3.05) is 12.8 Å². The minimum absolute atomic E-state index is 0.302. The molecule has 3 aromatic carbocycles. The molecule has 134 valence electrons. The molecule has 0 heterocycles. The number of rotatable bonds is 9. The average molecular weight is 363 g/mol. The molecule has 0 aliphatic heterocycles. The van der Waals surface area contributed by atoms with E-state index in [1.807, 2.05) is 0 Å². The molecule has 0 bridgehead atoms. The fourth-order valence-electron chi connectivity index (χ4n) is 3.70. The number of hydrogen-bond donors (Lipinski definition) is 1. The molecule has 26 heavy (non-hydrogen) atoms. The first-order chi connectivity index (χ1) is 12.9. The lowest BCUT2D eigenvalue weighted by Gasteiger charge is -2.27. The SMILES string of the molecule is OCCCCCC[P+](c1ccccc1)(c1ccccc1)c1ccccc1. The van der Waals surface area contributed by atoms with Gasteiger partial charge in [-0.1, -0.05) is 61.0 Å². The van der Waals surface area contributed by atoms with Crippen LogP contribution in [0.4, 0.5) is 0 Å². The molecule has 0 radical (unpaired) electrons. The Labute approximate surface area is 158 Å². The zero-order chi connectivity index (χ0) is 18.1. The van der Waals surface area contributed by atoms with Gasteiger partial charge in [-0.2, -0.15) is 0 Å². The summed E-state index contributed by atoms with van der Waals surface area (Å²) in [7, 11) is -1.66. The second-order valence-electron chi connectivity index (χ2n) is 6.68. The number of aliphatic hydroxyl groups excluding tert-OH is 1. The maximum atomic E-state index is 9.07. The first kappa shape index (κ1) is 18.8. The molecule has 0 amide bonds. The van der Waals surface area contributed by atoms with Crippen molar-refractivity contribution in [3.8, 4) is 0 Å². The predicted molar refractivity (Wildman–Crippen MR) is 116 cm³/mol.